The van der Waals surface area contributed by atoms with Crippen molar-refractivity contribution in [3.8, 4) is 12.3 Å². The maximum atomic E-state index is 12.9. The minimum Gasteiger partial charge on any atom is -0.339 e. The van der Waals surface area contributed by atoms with Crippen LogP contribution in [0.2, 0.25) is 0 Å². The third-order valence-corrected chi connectivity index (χ3v) is 8.22. The van der Waals surface area contributed by atoms with E-state index in [1.807, 2.05) is 11.0 Å². The second kappa shape index (κ2) is 12.0. The summed E-state index contributed by atoms with van der Waals surface area (Å²) >= 11 is 13.5. The summed E-state index contributed by atoms with van der Waals surface area (Å²) in [6.45, 7) is 5.43. The van der Waals surface area contributed by atoms with Gasteiger partial charge in [-0.25, -0.2) is 9.97 Å². The van der Waals surface area contributed by atoms with Crippen molar-refractivity contribution in [2.24, 2.45) is 0 Å². The summed E-state index contributed by atoms with van der Waals surface area (Å²) in [6.07, 6.45) is 18.5. The first-order valence-electron chi connectivity index (χ1n) is 11.8. The van der Waals surface area contributed by atoms with Crippen LogP contribution < -0.4 is 5.32 Å². The Hall–Kier alpha value is -2.37. The molecule has 1 atom stereocenters. The van der Waals surface area contributed by atoms with Gasteiger partial charge in [-0.2, -0.15) is 0 Å². The number of nitrogens with one attached hydrogen (secondary N) is 1. The summed E-state index contributed by atoms with van der Waals surface area (Å²) in [5.74, 6) is 3.43. The molecule has 4 rings (SSSR count). The Morgan fingerprint density at radius 3 is 3.00 bits per heavy atom. The molecule has 1 fully saturated rings. The zero-order valence-electron chi connectivity index (χ0n) is 19.8. The molecule has 2 aliphatic rings. The number of thiophene rings is 1. The number of rotatable bonds is 7. The van der Waals surface area contributed by atoms with Gasteiger partial charge in [0, 0.05) is 46.9 Å². The van der Waals surface area contributed by atoms with Crippen LogP contribution in [-0.2, 0) is 17.8 Å². The predicted molar refractivity (Wildman–Crippen MR) is 146 cm³/mol. The third-order valence-electron chi connectivity index (χ3n) is 6.43. The van der Waals surface area contributed by atoms with Crippen LogP contribution in [0.1, 0.15) is 36.6 Å². The van der Waals surface area contributed by atoms with Gasteiger partial charge in [-0.05, 0) is 44.4 Å². The molecule has 4 heterocycles. The lowest BCUT2D eigenvalue weighted by atomic mass is 10.0. The van der Waals surface area contributed by atoms with Crippen molar-refractivity contribution >= 4 is 56.5 Å². The van der Waals surface area contributed by atoms with E-state index in [9.17, 15) is 4.79 Å². The molecule has 0 aromatic carbocycles. The number of likely N-dealkylation sites (tertiary alicyclic amines) is 1. The molecule has 1 unspecified atom stereocenters. The minimum absolute atomic E-state index is 0.0577. The average molecular weight is 531 g/mol. The van der Waals surface area contributed by atoms with Crippen LogP contribution in [0.4, 0.5) is 5.82 Å². The van der Waals surface area contributed by atoms with Gasteiger partial charge in [0.05, 0.1) is 17.8 Å². The van der Waals surface area contributed by atoms with Crippen molar-refractivity contribution in [1.29, 1.82) is 0 Å². The molecule has 0 radical (unpaired) electrons. The number of hydrogen-bond donors (Lipinski definition) is 1. The molecular formula is C26H29Cl2N5OS. The number of allylic oxidation sites excluding steroid dienone is 3. The fraction of sp³-hybridized carbons (Fsp3) is 0.423. The topological polar surface area (TPSA) is 61.4 Å². The normalized spacial score (nSPS) is 19.7. The van der Waals surface area contributed by atoms with Gasteiger partial charge in [0.25, 0.3) is 0 Å². The average Bonchev–Trinajstić information content (AvgIpc) is 3.24. The highest BCUT2D eigenvalue weighted by molar-refractivity contribution is 7.19. The number of halogens is 2. The SMILES string of the molecule is C#C/C=C(\C=C(\Cl)CCl)Nc1ncnc2sc3c(c12)CCN(C(=O)/C=C/CN1CCCCC1C)C3. The number of carbonyl (C=O) groups is 1. The summed E-state index contributed by atoms with van der Waals surface area (Å²) in [5.41, 5.74) is 1.80. The maximum absolute atomic E-state index is 12.9. The van der Waals surface area contributed by atoms with E-state index >= 15 is 0 Å². The molecule has 184 valence electrons. The second-order valence-electron chi connectivity index (χ2n) is 8.77. The Balaban J connectivity index is 1.49. The molecule has 0 bridgehead atoms. The van der Waals surface area contributed by atoms with Gasteiger partial charge in [0.2, 0.25) is 5.91 Å². The standard InChI is InChI=1S/C26H29Cl2N5OS/c1-3-7-20(14-19(28)15-27)31-25-24-21-10-13-33(16-22(21)35-26(24)30-17-29-25)23(34)9-6-12-32-11-5-4-8-18(32)2/h1,6-7,9,14,17-18H,4-5,8,10-13,15-16H2,2H3,(H,29,30,31)/b9-6+,19-14+,20-7+. The Morgan fingerprint density at radius 2 is 2.23 bits per heavy atom. The number of hydrogen-bond acceptors (Lipinski definition) is 6. The summed E-state index contributed by atoms with van der Waals surface area (Å²) in [6, 6.07) is 0.584. The van der Waals surface area contributed by atoms with E-state index in [4.69, 9.17) is 29.6 Å². The van der Waals surface area contributed by atoms with Gasteiger partial charge in [-0.1, -0.05) is 30.0 Å². The Labute approximate surface area is 220 Å². The van der Waals surface area contributed by atoms with E-state index in [0.29, 0.717) is 35.7 Å². The Bertz CT molecular complexity index is 1210. The number of nitrogens with zero attached hydrogens (tertiary/aromatic N) is 4. The molecule has 0 spiro atoms. The molecule has 1 saturated heterocycles. The molecule has 1 amide bonds. The molecule has 35 heavy (non-hydrogen) atoms. The fourth-order valence-electron chi connectivity index (χ4n) is 4.58. The van der Waals surface area contributed by atoms with E-state index in [2.05, 4.69) is 33.0 Å². The number of fused-ring (bicyclic) bond motifs is 3. The van der Waals surface area contributed by atoms with Crippen LogP contribution >= 0.6 is 34.5 Å². The molecule has 6 nitrogen and oxygen atoms in total. The van der Waals surface area contributed by atoms with Crippen LogP contribution in [0.5, 0.6) is 0 Å². The van der Waals surface area contributed by atoms with Crippen LogP contribution in [0.25, 0.3) is 10.2 Å². The second-order valence-corrected chi connectivity index (χ2v) is 10.6. The molecule has 9 heteroatoms. The highest BCUT2D eigenvalue weighted by Crippen LogP contribution is 2.37. The quantitative estimate of drug-likeness (QED) is 0.228. The van der Waals surface area contributed by atoms with Gasteiger partial charge in [-0.3, -0.25) is 9.69 Å². The minimum atomic E-state index is 0.0577. The Kier molecular flexibility index (Phi) is 8.85. The molecule has 0 aliphatic carbocycles. The van der Waals surface area contributed by atoms with Crippen molar-refractivity contribution in [2.45, 2.75) is 45.2 Å². The van der Waals surface area contributed by atoms with Crippen LogP contribution in [0.3, 0.4) is 0 Å². The largest absolute Gasteiger partial charge is 0.339 e. The number of terminal acetylenes is 1. The fourth-order valence-corrected chi connectivity index (χ4v) is 5.98. The van der Waals surface area contributed by atoms with Crippen molar-refractivity contribution in [1.82, 2.24) is 19.8 Å². The molecule has 0 saturated carbocycles. The van der Waals surface area contributed by atoms with Gasteiger partial charge in [0.1, 0.15) is 17.0 Å². The highest BCUT2D eigenvalue weighted by Gasteiger charge is 2.26. The molecule has 1 N–H and O–H groups in total. The molecule has 2 aromatic rings. The van der Waals surface area contributed by atoms with Crippen LogP contribution in [0, 0.1) is 12.3 Å². The first-order valence-corrected chi connectivity index (χ1v) is 13.5. The van der Waals surface area contributed by atoms with Gasteiger partial charge < -0.3 is 10.2 Å². The predicted octanol–water partition coefficient (Wildman–Crippen LogP) is 5.30. The van der Waals surface area contributed by atoms with E-state index in [1.165, 1.54) is 31.2 Å². The number of amides is 1. The number of piperidine rings is 1. The lowest BCUT2D eigenvalue weighted by Gasteiger charge is -2.32. The zero-order chi connectivity index (χ0) is 24.8. The van der Waals surface area contributed by atoms with Crippen molar-refractivity contribution in [2.75, 3.05) is 30.8 Å². The van der Waals surface area contributed by atoms with Gasteiger partial charge >= 0.3 is 0 Å². The van der Waals surface area contributed by atoms with Crippen LogP contribution in [0.15, 0.2) is 41.4 Å². The first kappa shape index (κ1) is 25.7. The summed E-state index contributed by atoms with van der Waals surface area (Å²) in [4.78, 5) is 28.2. The molecular weight excluding hydrogens is 501 g/mol. The number of anilines is 1. The van der Waals surface area contributed by atoms with Crippen molar-refractivity contribution < 1.29 is 4.79 Å². The van der Waals surface area contributed by atoms with E-state index in [1.54, 1.807) is 29.6 Å². The third kappa shape index (κ3) is 6.25. The maximum Gasteiger partial charge on any atom is 0.246 e. The Morgan fingerprint density at radius 1 is 1.37 bits per heavy atom. The monoisotopic (exact) mass is 529 g/mol. The summed E-state index contributed by atoms with van der Waals surface area (Å²) in [5, 5.41) is 4.71. The van der Waals surface area contributed by atoms with Crippen molar-refractivity contribution in [3.05, 3.63) is 51.8 Å². The highest BCUT2D eigenvalue weighted by atomic mass is 35.5. The van der Waals surface area contributed by atoms with Gasteiger partial charge in [0.15, 0.2) is 0 Å². The first-order chi connectivity index (χ1) is 17.0. The summed E-state index contributed by atoms with van der Waals surface area (Å²) in [7, 11) is 0. The zero-order valence-corrected chi connectivity index (χ0v) is 22.1. The van der Waals surface area contributed by atoms with E-state index < -0.39 is 0 Å². The van der Waals surface area contributed by atoms with Gasteiger partial charge in [-0.15, -0.1) is 29.4 Å². The van der Waals surface area contributed by atoms with E-state index in [0.717, 1.165) is 34.6 Å². The number of aromatic nitrogens is 2. The number of carbonyl (C=O) groups excluding carboxylic acids is 1. The van der Waals surface area contributed by atoms with Crippen LogP contribution in [-0.4, -0.2) is 57.2 Å². The van der Waals surface area contributed by atoms with Crippen molar-refractivity contribution in [3.63, 3.8) is 0 Å². The molecule has 2 aliphatic heterocycles. The van der Waals surface area contributed by atoms with E-state index in [-0.39, 0.29) is 11.8 Å². The smallest absolute Gasteiger partial charge is 0.246 e. The lowest BCUT2D eigenvalue weighted by molar-refractivity contribution is -0.126. The summed E-state index contributed by atoms with van der Waals surface area (Å²) < 4.78 is 0. The number of alkyl halides is 1. The molecule has 2 aromatic heterocycles. The lowest BCUT2D eigenvalue weighted by Crippen LogP contribution is -2.37.